The van der Waals surface area contributed by atoms with Crippen molar-refractivity contribution in [1.82, 2.24) is 5.32 Å². The molecule has 19 heavy (non-hydrogen) atoms. The second kappa shape index (κ2) is 4.42. The van der Waals surface area contributed by atoms with Crippen molar-refractivity contribution in [2.75, 3.05) is 13.3 Å². The van der Waals surface area contributed by atoms with Crippen molar-refractivity contribution in [2.45, 2.75) is 25.8 Å². The maximum absolute atomic E-state index is 12.1. The average Bonchev–Trinajstić information content (AvgIpc) is 3.09. The van der Waals surface area contributed by atoms with Crippen LogP contribution in [0.1, 0.15) is 31.4 Å². The maximum atomic E-state index is 12.1. The Kier molecular flexibility index (Phi) is 2.86. The van der Waals surface area contributed by atoms with Crippen LogP contribution in [0.5, 0.6) is 11.5 Å². The zero-order valence-electron chi connectivity index (χ0n) is 10.9. The normalized spacial score (nSPS) is 19.9. The molecule has 1 saturated carbocycles. The highest BCUT2D eigenvalue weighted by atomic mass is 16.7. The highest BCUT2D eigenvalue weighted by molar-refractivity contribution is 5.85. The van der Waals surface area contributed by atoms with Gasteiger partial charge in [-0.3, -0.25) is 4.79 Å². The lowest BCUT2D eigenvalue weighted by Crippen LogP contribution is -2.37. The molecule has 0 saturated heterocycles. The molecule has 1 heterocycles. The summed E-state index contributed by atoms with van der Waals surface area (Å²) < 4.78 is 10.6. The van der Waals surface area contributed by atoms with Crippen molar-refractivity contribution in [2.24, 2.45) is 11.1 Å². The number of hydrogen-bond donors (Lipinski definition) is 2. The third-order valence-electron chi connectivity index (χ3n) is 3.97. The van der Waals surface area contributed by atoms with Gasteiger partial charge >= 0.3 is 0 Å². The number of amides is 1. The molecule has 2 aliphatic rings. The van der Waals surface area contributed by atoms with Crippen LogP contribution >= 0.6 is 0 Å². The average molecular weight is 262 g/mol. The predicted octanol–water partition coefficient (Wildman–Crippen LogP) is 1.33. The van der Waals surface area contributed by atoms with E-state index < -0.39 is 0 Å². The molecule has 5 heteroatoms. The van der Waals surface area contributed by atoms with Gasteiger partial charge in [-0.25, -0.2) is 0 Å². The number of benzene rings is 1. The Labute approximate surface area is 112 Å². The van der Waals surface area contributed by atoms with Crippen LogP contribution in [0.2, 0.25) is 0 Å². The van der Waals surface area contributed by atoms with Crippen molar-refractivity contribution in [3.63, 3.8) is 0 Å². The van der Waals surface area contributed by atoms with Crippen LogP contribution in [-0.2, 0) is 4.79 Å². The van der Waals surface area contributed by atoms with Gasteiger partial charge in [0.05, 0.1) is 11.5 Å². The zero-order chi connectivity index (χ0) is 13.5. The highest BCUT2D eigenvalue weighted by Gasteiger charge is 2.48. The van der Waals surface area contributed by atoms with E-state index in [1.165, 1.54) is 0 Å². The second-order valence-electron chi connectivity index (χ2n) is 5.29. The fourth-order valence-electron chi connectivity index (χ4n) is 2.29. The predicted molar refractivity (Wildman–Crippen MR) is 69.8 cm³/mol. The molecule has 0 spiro atoms. The van der Waals surface area contributed by atoms with Crippen molar-refractivity contribution in [3.8, 4) is 11.5 Å². The van der Waals surface area contributed by atoms with E-state index in [9.17, 15) is 4.79 Å². The van der Waals surface area contributed by atoms with E-state index >= 15 is 0 Å². The van der Waals surface area contributed by atoms with Gasteiger partial charge in [0.15, 0.2) is 11.5 Å². The summed E-state index contributed by atoms with van der Waals surface area (Å²) >= 11 is 0. The summed E-state index contributed by atoms with van der Waals surface area (Å²) in [5.74, 6) is 1.54. The lowest BCUT2D eigenvalue weighted by Gasteiger charge is -2.19. The first-order chi connectivity index (χ1) is 9.14. The van der Waals surface area contributed by atoms with Crippen LogP contribution < -0.4 is 20.5 Å². The summed E-state index contributed by atoms with van der Waals surface area (Å²) in [7, 11) is 0. The molecule has 5 nitrogen and oxygen atoms in total. The lowest BCUT2D eigenvalue weighted by atomic mass is 10.0. The van der Waals surface area contributed by atoms with Gasteiger partial charge in [-0.15, -0.1) is 0 Å². The summed E-state index contributed by atoms with van der Waals surface area (Å²) in [5, 5.41) is 3.03. The molecule has 3 N–H and O–H groups in total. The van der Waals surface area contributed by atoms with Crippen LogP contribution in [0.3, 0.4) is 0 Å². The van der Waals surface area contributed by atoms with E-state index in [1.807, 2.05) is 25.1 Å². The van der Waals surface area contributed by atoms with Gasteiger partial charge in [0, 0.05) is 6.54 Å². The molecule has 3 rings (SSSR count). The van der Waals surface area contributed by atoms with Gasteiger partial charge in [0.1, 0.15) is 0 Å². The number of ether oxygens (including phenoxy) is 2. The Morgan fingerprint density at radius 1 is 1.42 bits per heavy atom. The molecule has 1 fully saturated rings. The first kappa shape index (κ1) is 12.3. The Morgan fingerprint density at radius 2 is 2.16 bits per heavy atom. The Bertz CT molecular complexity index is 511. The van der Waals surface area contributed by atoms with Gasteiger partial charge in [-0.1, -0.05) is 6.07 Å². The number of rotatable bonds is 4. The maximum Gasteiger partial charge on any atom is 0.231 e. The van der Waals surface area contributed by atoms with Gasteiger partial charge < -0.3 is 20.5 Å². The van der Waals surface area contributed by atoms with Gasteiger partial charge in [0.25, 0.3) is 0 Å². The van der Waals surface area contributed by atoms with E-state index in [-0.39, 0.29) is 24.2 Å². The molecule has 1 atom stereocenters. The quantitative estimate of drug-likeness (QED) is 0.858. The molecular weight excluding hydrogens is 244 g/mol. The Morgan fingerprint density at radius 3 is 2.84 bits per heavy atom. The summed E-state index contributed by atoms with van der Waals surface area (Å²) in [4.78, 5) is 12.1. The third-order valence-corrected chi connectivity index (χ3v) is 3.97. The van der Waals surface area contributed by atoms with E-state index in [0.717, 1.165) is 29.9 Å². The molecule has 102 valence electrons. The zero-order valence-corrected chi connectivity index (χ0v) is 10.9. The monoisotopic (exact) mass is 262 g/mol. The number of hydrogen-bond acceptors (Lipinski definition) is 4. The van der Waals surface area contributed by atoms with Crippen molar-refractivity contribution >= 4 is 5.91 Å². The molecule has 1 aromatic carbocycles. The van der Waals surface area contributed by atoms with Crippen LogP contribution in [0.15, 0.2) is 18.2 Å². The van der Waals surface area contributed by atoms with Gasteiger partial charge in [-0.2, -0.15) is 0 Å². The molecule has 1 amide bonds. The van der Waals surface area contributed by atoms with Gasteiger partial charge in [0.2, 0.25) is 12.7 Å². The van der Waals surface area contributed by atoms with Crippen molar-refractivity contribution in [3.05, 3.63) is 23.8 Å². The number of nitrogens with two attached hydrogens (primary N) is 1. The number of carbonyl (C=O) groups excluding carboxylic acids is 1. The molecule has 0 aromatic heterocycles. The first-order valence-electron chi connectivity index (χ1n) is 6.55. The summed E-state index contributed by atoms with van der Waals surface area (Å²) in [5.41, 5.74) is 6.35. The Balaban J connectivity index is 1.70. The van der Waals surface area contributed by atoms with Gasteiger partial charge in [-0.05, 0) is 37.5 Å². The molecule has 0 radical (unpaired) electrons. The molecule has 0 bridgehead atoms. The van der Waals surface area contributed by atoms with E-state index in [0.29, 0.717) is 6.54 Å². The van der Waals surface area contributed by atoms with Crippen LogP contribution in [-0.4, -0.2) is 19.2 Å². The van der Waals surface area contributed by atoms with Crippen molar-refractivity contribution in [1.29, 1.82) is 0 Å². The van der Waals surface area contributed by atoms with Crippen LogP contribution in [0.4, 0.5) is 0 Å². The van der Waals surface area contributed by atoms with E-state index in [2.05, 4.69) is 5.32 Å². The highest BCUT2D eigenvalue weighted by Crippen LogP contribution is 2.45. The summed E-state index contributed by atoms with van der Waals surface area (Å²) in [6, 6.07) is 5.66. The molecule has 1 aliphatic heterocycles. The number of nitrogens with one attached hydrogen (secondary N) is 1. The summed E-state index contributed by atoms with van der Waals surface area (Å²) in [6.07, 6.45) is 1.78. The standard InChI is InChI=1S/C14H18N2O3/c1-9(16-13(17)14(7-15)4-5-14)10-2-3-11-12(6-10)19-8-18-11/h2-3,6,9H,4-5,7-8,15H2,1H3,(H,16,17). The smallest absolute Gasteiger partial charge is 0.231 e. The lowest BCUT2D eigenvalue weighted by molar-refractivity contribution is -0.126. The van der Waals surface area contributed by atoms with E-state index in [1.54, 1.807) is 0 Å². The summed E-state index contributed by atoms with van der Waals surface area (Å²) in [6.45, 7) is 2.64. The second-order valence-corrected chi connectivity index (χ2v) is 5.29. The first-order valence-corrected chi connectivity index (χ1v) is 6.55. The fraction of sp³-hybridized carbons (Fsp3) is 0.500. The molecule has 1 aromatic rings. The van der Waals surface area contributed by atoms with Crippen molar-refractivity contribution < 1.29 is 14.3 Å². The molecule has 1 unspecified atom stereocenters. The Hall–Kier alpha value is -1.75. The van der Waals surface area contributed by atoms with E-state index in [4.69, 9.17) is 15.2 Å². The largest absolute Gasteiger partial charge is 0.454 e. The minimum Gasteiger partial charge on any atom is -0.454 e. The SMILES string of the molecule is CC(NC(=O)C1(CN)CC1)c1ccc2c(c1)OCO2. The molecule has 1 aliphatic carbocycles. The fourth-order valence-corrected chi connectivity index (χ4v) is 2.29. The topological polar surface area (TPSA) is 73.6 Å². The number of carbonyl (C=O) groups is 1. The van der Waals surface area contributed by atoms with Crippen LogP contribution in [0, 0.1) is 5.41 Å². The minimum atomic E-state index is -0.315. The third kappa shape index (κ3) is 2.14. The number of fused-ring (bicyclic) bond motifs is 1. The molecular formula is C14H18N2O3. The minimum absolute atomic E-state index is 0.0557. The van der Waals surface area contributed by atoms with Crippen LogP contribution in [0.25, 0.3) is 0 Å².